The molecular weight excluding hydrogens is 458 g/mol. The molecule has 7 nitrogen and oxygen atoms in total. The van der Waals surface area contributed by atoms with E-state index in [-0.39, 0.29) is 24.1 Å². The lowest BCUT2D eigenvalue weighted by Gasteiger charge is -2.43. The van der Waals surface area contributed by atoms with Crippen molar-refractivity contribution in [1.82, 2.24) is 0 Å². The van der Waals surface area contributed by atoms with E-state index in [9.17, 15) is 29.7 Å². The van der Waals surface area contributed by atoms with Gasteiger partial charge in [-0.3, -0.25) is 14.4 Å². The van der Waals surface area contributed by atoms with E-state index in [4.69, 9.17) is 0 Å². The van der Waals surface area contributed by atoms with Crippen LogP contribution in [0.5, 0.6) is 0 Å². The third kappa shape index (κ3) is 14.8. The summed E-state index contributed by atoms with van der Waals surface area (Å²) in [5.41, 5.74) is 0. The summed E-state index contributed by atoms with van der Waals surface area (Å²) in [6, 6.07) is 0. The highest BCUT2D eigenvalue weighted by atomic mass is 16.4. The van der Waals surface area contributed by atoms with Crippen LogP contribution in [-0.2, 0) is 14.4 Å². The lowest BCUT2D eigenvalue weighted by Crippen LogP contribution is -2.58. The van der Waals surface area contributed by atoms with Crippen molar-refractivity contribution in [3.05, 3.63) is 0 Å². The van der Waals surface area contributed by atoms with Gasteiger partial charge in [0.05, 0.1) is 26.2 Å². The molecule has 0 radical (unpaired) electrons. The molecule has 0 saturated carbocycles. The SMILES string of the molecule is CCCCCCCCCCCCCC[N+](CC(CC)C(=O)O)(CC(CC)C(=O)O)CC(CC)C(=O)O. The monoisotopic (exact) mass is 514 g/mol. The smallest absolute Gasteiger partial charge is 0.312 e. The van der Waals surface area contributed by atoms with Gasteiger partial charge in [0, 0.05) is 0 Å². The van der Waals surface area contributed by atoms with Crippen LogP contribution in [0.2, 0.25) is 0 Å². The van der Waals surface area contributed by atoms with Crippen LogP contribution in [0.1, 0.15) is 124 Å². The van der Waals surface area contributed by atoms with Crippen LogP contribution in [0, 0.1) is 17.8 Å². The zero-order valence-corrected chi connectivity index (χ0v) is 23.7. The van der Waals surface area contributed by atoms with Gasteiger partial charge in [0.2, 0.25) is 0 Å². The number of nitrogens with zero attached hydrogens (tertiary/aromatic N) is 1. The van der Waals surface area contributed by atoms with Gasteiger partial charge in [-0.1, -0.05) is 91.9 Å². The quantitative estimate of drug-likeness (QED) is 0.0908. The number of rotatable bonds is 25. The molecule has 0 saturated heterocycles. The third-order valence-electron chi connectivity index (χ3n) is 7.84. The molecule has 0 amide bonds. The maximum atomic E-state index is 11.9. The Morgan fingerprint density at radius 2 is 0.778 bits per heavy atom. The van der Waals surface area contributed by atoms with E-state index in [0.29, 0.717) is 25.8 Å². The van der Waals surface area contributed by atoms with Gasteiger partial charge in [0.25, 0.3) is 0 Å². The molecule has 7 heteroatoms. The van der Waals surface area contributed by atoms with Crippen LogP contribution in [0.25, 0.3) is 0 Å². The van der Waals surface area contributed by atoms with E-state index >= 15 is 0 Å². The third-order valence-corrected chi connectivity index (χ3v) is 7.84. The average molecular weight is 515 g/mol. The van der Waals surface area contributed by atoms with Crippen molar-refractivity contribution in [3.63, 3.8) is 0 Å². The van der Waals surface area contributed by atoms with Gasteiger partial charge >= 0.3 is 17.9 Å². The molecule has 3 atom stereocenters. The topological polar surface area (TPSA) is 112 Å². The van der Waals surface area contributed by atoms with E-state index in [1.165, 1.54) is 57.8 Å². The van der Waals surface area contributed by atoms with Crippen LogP contribution >= 0.6 is 0 Å². The molecule has 0 aliphatic rings. The van der Waals surface area contributed by atoms with Gasteiger partial charge in [-0.2, -0.15) is 0 Å². The van der Waals surface area contributed by atoms with Gasteiger partial charge in [0.1, 0.15) is 17.8 Å². The van der Waals surface area contributed by atoms with Crippen LogP contribution in [0.3, 0.4) is 0 Å². The summed E-state index contributed by atoms with van der Waals surface area (Å²) in [7, 11) is 0. The molecule has 3 N–H and O–H groups in total. The second kappa shape index (κ2) is 20.4. The number of carboxylic acid groups (broad SMARTS) is 3. The minimum Gasteiger partial charge on any atom is -0.481 e. The zero-order chi connectivity index (χ0) is 27.4. The van der Waals surface area contributed by atoms with Crippen LogP contribution in [0.15, 0.2) is 0 Å². The Labute approximate surface area is 220 Å². The van der Waals surface area contributed by atoms with Gasteiger partial charge in [0.15, 0.2) is 0 Å². The van der Waals surface area contributed by atoms with Crippen molar-refractivity contribution in [2.45, 2.75) is 124 Å². The Hall–Kier alpha value is -1.63. The molecular formula is C29H56NO6+. The number of hydrogen-bond donors (Lipinski definition) is 3. The highest BCUT2D eigenvalue weighted by Crippen LogP contribution is 2.25. The van der Waals surface area contributed by atoms with Gasteiger partial charge < -0.3 is 19.8 Å². The van der Waals surface area contributed by atoms with Crippen LogP contribution in [-0.4, -0.2) is 63.9 Å². The summed E-state index contributed by atoms with van der Waals surface area (Å²) < 4.78 is 0.262. The molecule has 0 aromatic rings. The Kier molecular flexibility index (Phi) is 19.5. The predicted molar refractivity (Wildman–Crippen MR) is 145 cm³/mol. The second-order valence-electron chi connectivity index (χ2n) is 10.8. The van der Waals surface area contributed by atoms with Crippen LogP contribution in [0.4, 0.5) is 0 Å². The van der Waals surface area contributed by atoms with E-state index < -0.39 is 35.7 Å². The van der Waals surface area contributed by atoms with Gasteiger partial charge in [-0.15, -0.1) is 0 Å². The summed E-state index contributed by atoms with van der Waals surface area (Å²) in [6.07, 6.45) is 15.9. The Morgan fingerprint density at radius 1 is 0.500 bits per heavy atom. The molecule has 36 heavy (non-hydrogen) atoms. The first-order chi connectivity index (χ1) is 17.2. The summed E-state index contributed by atoms with van der Waals surface area (Å²) in [5, 5.41) is 29.3. The molecule has 212 valence electrons. The van der Waals surface area contributed by atoms with E-state index in [0.717, 1.165) is 19.3 Å². The maximum absolute atomic E-state index is 11.9. The molecule has 0 spiro atoms. The highest BCUT2D eigenvalue weighted by molar-refractivity contribution is 5.71. The Balaban J connectivity index is 5.18. The molecule has 0 bridgehead atoms. The fourth-order valence-electron chi connectivity index (χ4n) is 5.33. The van der Waals surface area contributed by atoms with Crippen LogP contribution < -0.4 is 0 Å². The van der Waals surface area contributed by atoms with Crippen molar-refractivity contribution in [1.29, 1.82) is 0 Å². The predicted octanol–water partition coefficient (Wildman–Crippen LogP) is 6.84. The summed E-state index contributed by atoms with van der Waals surface area (Å²) in [6.45, 7) is 9.24. The number of quaternary nitrogens is 1. The molecule has 0 aliphatic carbocycles. The average Bonchev–Trinajstić information content (AvgIpc) is 2.84. The Morgan fingerprint density at radius 3 is 1.03 bits per heavy atom. The minimum atomic E-state index is -0.888. The largest absolute Gasteiger partial charge is 0.481 e. The van der Waals surface area contributed by atoms with Crippen molar-refractivity contribution in [2.24, 2.45) is 17.8 Å². The van der Waals surface area contributed by atoms with E-state index in [1.807, 2.05) is 20.8 Å². The number of carbonyl (C=O) groups is 3. The van der Waals surface area contributed by atoms with Crippen molar-refractivity contribution >= 4 is 17.9 Å². The summed E-state index contributed by atoms with van der Waals surface area (Å²) in [4.78, 5) is 35.8. The number of aliphatic carboxylic acids is 3. The number of unbranched alkanes of at least 4 members (excludes halogenated alkanes) is 11. The molecule has 0 aromatic heterocycles. The molecule has 0 aromatic carbocycles. The first-order valence-corrected chi connectivity index (χ1v) is 14.7. The fourth-order valence-corrected chi connectivity index (χ4v) is 5.33. The molecule has 0 aliphatic heterocycles. The maximum Gasteiger partial charge on any atom is 0.312 e. The number of carboxylic acids is 3. The summed E-state index contributed by atoms with van der Waals surface area (Å²) >= 11 is 0. The van der Waals surface area contributed by atoms with Gasteiger partial charge in [-0.25, -0.2) is 0 Å². The Bertz CT molecular complexity index is 549. The lowest BCUT2D eigenvalue weighted by molar-refractivity contribution is -0.935. The molecule has 0 heterocycles. The summed E-state index contributed by atoms with van der Waals surface area (Å²) in [5.74, 6) is -4.50. The van der Waals surface area contributed by atoms with Crippen molar-refractivity contribution in [2.75, 3.05) is 26.2 Å². The van der Waals surface area contributed by atoms with Crippen molar-refractivity contribution < 1.29 is 34.2 Å². The molecule has 0 rings (SSSR count). The van der Waals surface area contributed by atoms with E-state index in [2.05, 4.69) is 6.92 Å². The second-order valence-corrected chi connectivity index (χ2v) is 10.8. The zero-order valence-electron chi connectivity index (χ0n) is 23.7. The standard InChI is InChI=1S/C29H55NO6/c1-5-9-10-11-12-13-14-15-16-17-18-19-20-30(21-24(6-2)27(31)32,22-25(7-3)28(33)34)23-26(8-4)29(35)36/h24-26H,5-23H2,1-4H3,(H2-,31,32,33,34,35,36)/p+1. The lowest BCUT2D eigenvalue weighted by atomic mass is 9.95. The normalized spacial score (nSPS) is 15.7. The van der Waals surface area contributed by atoms with Crippen molar-refractivity contribution in [3.8, 4) is 0 Å². The first kappa shape index (κ1) is 34.4. The first-order valence-electron chi connectivity index (χ1n) is 14.7. The highest BCUT2D eigenvalue weighted by Gasteiger charge is 2.40. The molecule has 0 fully saturated rings. The molecule has 3 unspecified atom stereocenters. The number of hydrogen-bond acceptors (Lipinski definition) is 3. The minimum absolute atomic E-state index is 0.262. The van der Waals surface area contributed by atoms with E-state index in [1.54, 1.807) is 0 Å². The fraction of sp³-hybridized carbons (Fsp3) is 0.897. The van der Waals surface area contributed by atoms with Gasteiger partial charge in [-0.05, 0) is 32.1 Å².